The number of fused-ring (bicyclic) bond motifs is 2. The summed E-state index contributed by atoms with van der Waals surface area (Å²) < 4.78 is 11.7. The van der Waals surface area contributed by atoms with Crippen molar-refractivity contribution < 1.29 is 13.9 Å². The minimum atomic E-state index is -0.557. The zero-order chi connectivity index (χ0) is 23.8. The first-order valence-electron chi connectivity index (χ1n) is 11.2. The van der Waals surface area contributed by atoms with E-state index in [1.54, 1.807) is 17.0 Å². The number of hydrogen-bond acceptors (Lipinski definition) is 4. The molecule has 34 heavy (non-hydrogen) atoms. The number of amides is 1. The van der Waals surface area contributed by atoms with E-state index in [4.69, 9.17) is 9.15 Å². The van der Waals surface area contributed by atoms with Gasteiger partial charge in [0.1, 0.15) is 17.9 Å². The van der Waals surface area contributed by atoms with Crippen LogP contribution in [0.4, 0.5) is 0 Å². The first-order chi connectivity index (χ1) is 16.5. The Hall–Kier alpha value is -4.12. The van der Waals surface area contributed by atoms with Gasteiger partial charge in [-0.25, -0.2) is 0 Å². The van der Waals surface area contributed by atoms with Crippen molar-refractivity contribution in [1.82, 2.24) is 4.90 Å². The maximum Gasteiger partial charge on any atom is 0.291 e. The van der Waals surface area contributed by atoms with Crippen molar-refractivity contribution in [3.8, 4) is 5.75 Å². The second-order valence-electron chi connectivity index (χ2n) is 8.66. The molecule has 0 saturated heterocycles. The molecule has 1 aliphatic heterocycles. The average molecular weight is 452 g/mol. The lowest BCUT2D eigenvalue weighted by molar-refractivity contribution is 0.0714. The van der Waals surface area contributed by atoms with Crippen LogP contribution in [0.25, 0.3) is 11.0 Å². The molecule has 0 aliphatic carbocycles. The average Bonchev–Trinajstić information content (AvgIpc) is 3.11. The lowest BCUT2D eigenvalue weighted by Crippen LogP contribution is -2.29. The number of carbonyl (C=O) groups excluding carboxylic acids is 1. The molecule has 1 aliphatic rings. The van der Waals surface area contributed by atoms with Gasteiger partial charge in [-0.1, -0.05) is 66.2 Å². The van der Waals surface area contributed by atoms with Crippen LogP contribution in [0, 0.1) is 13.8 Å². The highest BCUT2D eigenvalue weighted by Crippen LogP contribution is 2.39. The molecule has 0 spiro atoms. The number of rotatable bonds is 6. The summed E-state index contributed by atoms with van der Waals surface area (Å²) >= 11 is 0. The number of hydrogen-bond donors (Lipinski definition) is 0. The van der Waals surface area contributed by atoms with E-state index in [0.29, 0.717) is 35.4 Å². The Kier molecular flexibility index (Phi) is 5.54. The van der Waals surface area contributed by atoms with Gasteiger partial charge in [0.25, 0.3) is 5.91 Å². The summed E-state index contributed by atoms with van der Waals surface area (Å²) in [5, 5.41) is 0.486. The van der Waals surface area contributed by atoms with Crippen LogP contribution in [-0.2, 0) is 6.54 Å². The van der Waals surface area contributed by atoms with E-state index in [1.807, 2.05) is 74.5 Å². The van der Waals surface area contributed by atoms with E-state index >= 15 is 0 Å². The zero-order valence-electron chi connectivity index (χ0n) is 19.2. The van der Waals surface area contributed by atoms with E-state index in [0.717, 1.165) is 22.3 Å². The van der Waals surface area contributed by atoms with Gasteiger partial charge in [0.2, 0.25) is 5.76 Å². The van der Waals surface area contributed by atoms with Gasteiger partial charge in [-0.05, 0) is 49.2 Å². The lowest BCUT2D eigenvalue weighted by Gasteiger charge is -2.25. The van der Waals surface area contributed by atoms with Crippen LogP contribution in [0.1, 0.15) is 44.4 Å². The van der Waals surface area contributed by atoms with Gasteiger partial charge in [0.15, 0.2) is 5.43 Å². The highest BCUT2D eigenvalue weighted by atomic mass is 16.5. The molecule has 5 heteroatoms. The maximum absolute atomic E-state index is 13.7. The number of nitrogens with zero attached hydrogens (tertiary/aromatic N) is 1. The quantitative estimate of drug-likeness (QED) is 0.352. The molecule has 1 aromatic heterocycles. The summed E-state index contributed by atoms with van der Waals surface area (Å²) in [6, 6.07) is 20.4. The molecule has 1 atom stereocenters. The highest BCUT2D eigenvalue weighted by Gasteiger charge is 2.42. The monoisotopic (exact) mass is 451 g/mol. The summed E-state index contributed by atoms with van der Waals surface area (Å²) in [6.07, 6.45) is 1.68. The fourth-order valence-corrected chi connectivity index (χ4v) is 4.44. The molecule has 0 radical (unpaired) electrons. The van der Waals surface area contributed by atoms with Crippen LogP contribution in [0.3, 0.4) is 0 Å². The Labute approximate surface area is 197 Å². The third-order valence-corrected chi connectivity index (χ3v) is 6.16. The third kappa shape index (κ3) is 3.79. The standard InChI is InChI=1S/C29H25NO4/c1-4-15-33-22-12-10-21(11-13-22)26-25-27(31)23-16-19(3)7-14-24(23)34-28(25)29(32)30(26)17-20-8-5-18(2)6-9-20/h4-14,16,26H,1,15,17H2,2-3H3. The molecule has 0 N–H and O–H groups in total. The molecule has 170 valence electrons. The van der Waals surface area contributed by atoms with E-state index in [9.17, 15) is 9.59 Å². The van der Waals surface area contributed by atoms with Crippen molar-refractivity contribution >= 4 is 16.9 Å². The molecule has 5 rings (SSSR count). The van der Waals surface area contributed by atoms with Crippen molar-refractivity contribution in [2.45, 2.75) is 26.4 Å². The molecule has 5 nitrogen and oxygen atoms in total. The van der Waals surface area contributed by atoms with Gasteiger partial charge in [-0.3, -0.25) is 9.59 Å². The molecule has 0 saturated carbocycles. The fraction of sp³-hybridized carbons (Fsp3) is 0.172. The van der Waals surface area contributed by atoms with Gasteiger partial charge >= 0.3 is 0 Å². The lowest BCUT2D eigenvalue weighted by atomic mass is 9.97. The van der Waals surface area contributed by atoms with Crippen LogP contribution in [-0.4, -0.2) is 17.4 Å². The van der Waals surface area contributed by atoms with Crippen molar-refractivity contribution in [2.75, 3.05) is 6.61 Å². The van der Waals surface area contributed by atoms with E-state index in [1.165, 1.54) is 0 Å². The first kappa shape index (κ1) is 21.7. The predicted octanol–water partition coefficient (Wildman–Crippen LogP) is 5.72. The van der Waals surface area contributed by atoms with Crippen LogP contribution < -0.4 is 10.2 Å². The van der Waals surface area contributed by atoms with Gasteiger partial charge in [0, 0.05) is 6.54 Å². The van der Waals surface area contributed by atoms with Gasteiger partial charge in [0.05, 0.1) is 17.0 Å². The first-order valence-corrected chi connectivity index (χ1v) is 11.2. The van der Waals surface area contributed by atoms with E-state index < -0.39 is 6.04 Å². The second kappa shape index (κ2) is 8.67. The summed E-state index contributed by atoms with van der Waals surface area (Å²) in [5.74, 6) is 0.525. The second-order valence-corrected chi connectivity index (χ2v) is 8.66. The molecule has 2 heterocycles. The summed E-state index contributed by atoms with van der Waals surface area (Å²) in [6.45, 7) is 8.39. The fourth-order valence-electron chi connectivity index (χ4n) is 4.44. The summed E-state index contributed by atoms with van der Waals surface area (Å²) in [5.41, 5.74) is 4.55. The van der Waals surface area contributed by atoms with Gasteiger partial charge in [-0.15, -0.1) is 0 Å². The molecule has 1 amide bonds. The van der Waals surface area contributed by atoms with Crippen molar-refractivity contribution in [3.05, 3.63) is 123 Å². The largest absolute Gasteiger partial charge is 0.490 e. The van der Waals surface area contributed by atoms with Crippen LogP contribution >= 0.6 is 0 Å². The SMILES string of the molecule is C=CCOc1ccc(C2c3c(oc4ccc(C)cc4c3=O)C(=O)N2Cc2ccc(C)cc2)cc1. The van der Waals surface area contributed by atoms with E-state index in [2.05, 4.69) is 6.58 Å². The Morgan fingerprint density at radius 2 is 1.68 bits per heavy atom. The molecule has 0 fully saturated rings. The van der Waals surface area contributed by atoms with Gasteiger partial charge < -0.3 is 14.1 Å². The molecule has 1 unspecified atom stereocenters. The molecular formula is C29H25NO4. The maximum atomic E-state index is 13.7. The molecule has 0 bridgehead atoms. The van der Waals surface area contributed by atoms with Crippen molar-refractivity contribution in [2.24, 2.45) is 0 Å². The van der Waals surface area contributed by atoms with Crippen LogP contribution in [0.2, 0.25) is 0 Å². The minimum absolute atomic E-state index is 0.116. The smallest absolute Gasteiger partial charge is 0.291 e. The third-order valence-electron chi connectivity index (χ3n) is 6.16. The zero-order valence-corrected chi connectivity index (χ0v) is 19.2. The predicted molar refractivity (Wildman–Crippen MR) is 132 cm³/mol. The molecule has 3 aromatic carbocycles. The number of carbonyl (C=O) groups is 1. The Balaban J connectivity index is 1.65. The Bertz CT molecular complexity index is 1450. The molecule has 4 aromatic rings. The highest BCUT2D eigenvalue weighted by molar-refractivity contribution is 5.99. The normalized spacial score (nSPS) is 14.9. The number of ether oxygens (including phenoxy) is 1. The van der Waals surface area contributed by atoms with Crippen molar-refractivity contribution in [1.29, 1.82) is 0 Å². The Morgan fingerprint density at radius 3 is 2.38 bits per heavy atom. The molecular weight excluding hydrogens is 426 g/mol. The topological polar surface area (TPSA) is 59.8 Å². The summed E-state index contributed by atoms with van der Waals surface area (Å²) in [7, 11) is 0. The number of aryl methyl sites for hydroxylation is 2. The van der Waals surface area contributed by atoms with Crippen LogP contribution in [0.15, 0.2) is 88.6 Å². The Morgan fingerprint density at radius 1 is 0.971 bits per heavy atom. The number of benzene rings is 3. The van der Waals surface area contributed by atoms with Gasteiger partial charge in [-0.2, -0.15) is 0 Å². The summed E-state index contributed by atoms with van der Waals surface area (Å²) in [4.78, 5) is 29.0. The minimum Gasteiger partial charge on any atom is -0.490 e. The van der Waals surface area contributed by atoms with E-state index in [-0.39, 0.29) is 17.1 Å². The van der Waals surface area contributed by atoms with Crippen LogP contribution in [0.5, 0.6) is 5.75 Å². The van der Waals surface area contributed by atoms with Crippen molar-refractivity contribution in [3.63, 3.8) is 0 Å².